The van der Waals surface area contributed by atoms with Crippen molar-refractivity contribution < 1.29 is 4.74 Å². The van der Waals surface area contributed by atoms with Crippen LogP contribution in [0.4, 0.5) is 0 Å². The predicted molar refractivity (Wildman–Crippen MR) is 103 cm³/mol. The Balaban J connectivity index is 1.65. The summed E-state index contributed by atoms with van der Waals surface area (Å²) in [5.74, 6) is 0.927. The minimum absolute atomic E-state index is 0.609. The Labute approximate surface area is 149 Å². The third-order valence-corrected chi connectivity index (χ3v) is 5.29. The van der Waals surface area contributed by atoms with Gasteiger partial charge in [-0.15, -0.1) is 0 Å². The fourth-order valence-electron chi connectivity index (χ4n) is 3.89. The number of hydrogen-bond acceptors (Lipinski definition) is 2. The summed E-state index contributed by atoms with van der Waals surface area (Å²) >= 11 is 0. The summed E-state index contributed by atoms with van der Waals surface area (Å²) in [6, 6.07) is 18.8. The first-order valence-corrected chi connectivity index (χ1v) is 9.28. The fourth-order valence-corrected chi connectivity index (χ4v) is 3.89. The summed E-state index contributed by atoms with van der Waals surface area (Å²) in [4.78, 5) is 2.59. The van der Waals surface area contributed by atoms with Gasteiger partial charge in [-0.2, -0.15) is 0 Å². The molecule has 0 spiro atoms. The molecular formula is C22H26N2O. The van der Waals surface area contributed by atoms with Crippen molar-refractivity contribution in [1.29, 1.82) is 0 Å². The zero-order valence-electron chi connectivity index (χ0n) is 14.9. The van der Waals surface area contributed by atoms with Crippen molar-refractivity contribution in [1.82, 2.24) is 9.47 Å². The van der Waals surface area contributed by atoms with Crippen molar-refractivity contribution in [3.05, 3.63) is 65.9 Å². The zero-order chi connectivity index (χ0) is 17.1. The molecule has 3 nitrogen and oxygen atoms in total. The Bertz CT molecular complexity index is 832. The maximum atomic E-state index is 6.09. The Hall–Kier alpha value is -2.26. The molecule has 2 heterocycles. The molecule has 0 bridgehead atoms. The van der Waals surface area contributed by atoms with E-state index in [-0.39, 0.29) is 0 Å². The van der Waals surface area contributed by atoms with Crippen LogP contribution < -0.4 is 4.74 Å². The van der Waals surface area contributed by atoms with Crippen LogP contribution in [-0.4, -0.2) is 22.6 Å². The minimum atomic E-state index is 0.609. The lowest BCUT2D eigenvalue weighted by Gasteiger charge is -2.26. The molecule has 0 aliphatic carbocycles. The summed E-state index contributed by atoms with van der Waals surface area (Å²) in [5, 5.41) is 1.36. The van der Waals surface area contributed by atoms with Crippen molar-refractivity contribution in [3.63, 3.8) is 0 Å². The van der Waals surface area contributed by atoms with Gasteiger partial charge in [0, 0.05) is 24.5 Å². The number of benzene rings is 2. The first-order valence-electron chi connectivity index (χ1n) is 9.28. The van der Waals surface area contributed by atoms with Gasteiger partial charge >= 0.3 is 0 Å². The molecule has 1 fully saturated rings. The van der Waals surface area contributed by atoms with Gasteiger partial charge in [-0.05, 0) is 49.7 Å². The number of nitrogens with zero attached hydrogens (tertiary/aromatic N) is 2. The van der Waals surface area contributed by atoms with Crippen molar-refractivity contribution in [2.45, 2.75) is 32.4 Å². The Morgan fingerprint density at radius 3 is 2.40 bits per heavy atom. The summed E-state index contributed by atoms with van der Waals surface area (Å²) in [6.07, 6.45) is 4.01. The molecule has 1 saturated heterocycles. The van der Waals surface area contributed by atoms with E-state index >= 15 is 0 Å². The number of aromatic nitrogens is 1. The largest absolute Gasteiger partial charge is 0.487 e. The number of piperidine rings is 1. The molecule has 0 atom stereocenters. The smallest absolute Gasteiger partial charge is 0.129 e. The van der Waals surface area contributed by atoms with E-state index in [9.17, 15) is 0 Å². The first-order chi connectivity index (χ1) is 12.3. The van der Waals surface area contributed by atoms with E-state index in [1.54, 1.807) is 0 Å². The first kappa shape index (κ1) is 16.2. The normalized spacial score (nSPS) is 15.6. The summed E-state index contributed by atoms with van der Waals surface area (Å²) < 4.78 is 8.40. The van der Waals surface area contributed by atoms with Gasteiger partial charge in [-0.25, -0.2) is 0 Å². The number of ether oxygens (including phenoxy) is 1. The topological polar surface area (TPSA) is 17.4 Å². The minimum Gasteiger partial charge on any atom is -0.487 e. The second-order valence-corrected chi connectivity index (χ2v) is 6.94. The van der Waals surface area contributed by atoms with E-state index in [4.69, 9.17) is 4.74 Å². The monoisotopic (exact) mass is 334 g/mol. The van der Waals surface area contributed by atoms with E-state index in [1.807, 2.05) is 30.3 Å². The Kier molecular flexibility index (Phi) is 4.75. The SMILES string of the molecule is Cn1c(COc2ccccc2)c(CN2CCCCC2)c2ccccc21. The number of likely N-dealkylation sites (tertiary alicyclic amines) is 1. The Morgan fingerprint density at radius 2 is 1.60 bits per heavy atom. The van der Waals surface area contributed by atoms with Crippen molar-refractivity contribution in [2.24, 2.45) is 7.05 Å². The van der Waals surface area contributed by atoms with Gasteiger partial charge in [0.15, 0.2) is 0 Å². The van der Waals surface area contributed by atoms with Crippen molar-refractivity contribution in [3.8, 4) is 5.75 Å². The average molecular weight is 334 g/mol. The maximum absolute atomic E-state index is 6.09. The van der Waals surface area contributed by atoms with Crippen LogP contribution in [0.5, 0.6) is 5.75 Å². The van der Waals surface area contributed by atoms with Crippen LogP contribution in [0.3, 0.4) is 0 Å². The molecule has 0 unspecified atom stereocenters. The van der Waals surface area contributed by atoms with Crippen LogP contribution in [-0.2, 0) is 20.2 Å². The van der Waals surface area contributed by atoms with Crippen LogP contribution in [0, 0.1) is 0 Å². The van der Waals surface area contributed by atoms with Crippen LogP contribution in [0.2, 0.25) is 0 Å². The molecule has 130 valence electrons. The second-order valence-electron chi connectivity index (χ2n) is 6.94. The van der Waals surface area contributed by atoms with Gasteiger partial charge in [-0.3, -0.25) is 4.90 Å². The number of rotatable bonds is 5. The predicted octanol–water partition coefficient (Wildman–Crippen LogP) is 4.74. The number of para-hydroxylation sites is 2. The van der Waals surface area contributed by atoms with Gasteiger partial charge in [-0.1, -0.05) is 42.8 Å². The molecule has 2 aromatic carbocycles. The van der Waals surface area contributed by atoms with Gasteiger partial charge < -0.3 is 9.30 Å². The molecule has 1 aliphatic heterocycles. The van der Waals surface area contributed by atoms with E-state index in [0.29, 0.717) is 6.61 Å². The third-order valence-electron chi connectivity index (χ3n) is 5.29. The highest BCUT2D eigenvalue weighted by atomic mass is 16.5. The molecule has 3 aromatic rings. The average Bonchev–Trinajstić information content (AvgIpc) is 2.94. The summed E-state index contributed by atoms with van der Waals surface area (Å²) in [7, 11) is 2.16. The Morgan fingerprint density at radius 1 is 0.880 bits per heavy atom. The molecule has 3 heteroatoms. The maximum Gasteiger partial charge on any atom is 0.129 e. The van der Waals surface area contributed by atoms with Gasteiger partial charge in [0.05, 0.1) is 5.69 Å². The van der Waals surface area contributed by atoms with Crippen LogP contribution >= 0.6 is 0 Å². The molecule has 0 amide bonds. The fraction of sp³-hybridized carbons (Fsp3) is 0.364. The number of aryl methyl sites for hydroxylation is 1. The van der Waals surface area contributed by atoms with Crippen LogP contribution in [0.25, 0.3) is 10.9 Å². The molecule has 1 aliphatic rings. The molecular weight excluding hydrogens is 308 g/mol. The second kappa shape index (κ2) is 7.32. The van der Waals surface area contributed by atoms with Crippen LogP contribution in [0.15, 0.2) is 54.6 Å². The summed E-state index contributed by atoms with van der Waals surface area (Å²) in [5.41, 5.74) is 4.01. The molecule has 0 saturated carbocycles. The van der Waals surface area contributed by atoms with Crippen molar-refractivity contribution in [2.75, 3.05) is 13.1 Å². The van der Waals surface area contributed by atoms with Crippen LogP contribution in [0.1, 0.15) is 30.5 Å². The van der Waals surface area contributed by atoms with Crippen molar-refractivity contribution >= 4 is 10.9 Å². The van der Waals surface area contributed by atoms with E-state index < -0.39 is 0 Å². The lowest BCUT2D eigenvalue weighted by molar-refractivity contribution is 0.218. The molecule has 1 aromatic heterocycles. The highest BCUT2D eigenvalue weighted by molar-refractivity contribution is 5.85. The lowest BCUT2D eigenvalue weighted by Crippen LogP contribution is -2.29. The van der Waals surface area contributed by atoms with E-state index in [0.717, 1.165) is 12.3 Å². The highest BCUT2D eigenvalue weighted by Gasteiger charge is 2.19. The quantitative estimate of drug-likeness (QED) is 0.670. The molecule has 0 radical (unpaired) electrons. The molecule has 0 N–H and O–H groups in total. The van der Waals surface area contributed by atoms with E-state index in [1.165, 1.54) is 54.5 Å². The highest BCUT2D eigenvalue weighted by Crippen LogP contribution is 2.28. The lowest BCUT2D eigenvalue weighted by atomic mass is 10.1. The van der Waals surface area contributed by atoms with Gasteiger partial charge in [0.25, 0.3) is 0 Å². The summed E-state index contributed by atoms with van der Waals surface area (Å²) in [6.45, 7) is 4.05. The van der Waals surface area contributed by atoms with Gasteiger partial charge in [0.2, 0.25) is 0 Å². The number of fused-ring (bicyclic) bond motifs is 1. The molecule has 4 rings (SSSR count). The third kappa shape index (κ3) is 3.42. The standard InChI is InChI=1S/C22H26N2O/c1-23-21-13-7-6-12-19(21)20(16-24-14-8-3-9-15-24)22(23)17-25-18-10-4-2-5-11-18/h2,4-7,10-13H,3,8-9,14-17H2,1H3. The molecule has 25 heavy (non-hydrogen) atoms. The number of hydrogen-bond donors (Lipinski definition) is 0. The van der Waals surface area contributed by atoms with Gasteiger partial charge in [0.1, 0.15) is 12.4 Å². The zero-order valence-corrected chi connectivity index (χ0v) is 14.9. The van der Waals surface area contributed by atoms with E-state index in [2.05, 4.69) is 40.8 Å².